The van der Waals surface area contributed by atoms with Crippen LogP contribution in [0.15, 0.2) is 48.5 Å². The highest BCUT2D eigenvalue weighted by atomic mass is 32.1. The van der Waals surface area contributed by atoms with Crippen LogP contribution in [0.1, 0.15) is 0 Å². The Morgan fingerprint density at radius 1 is 1.00 bits per heavy atom. The van der Waals surface area contributed by atoms with E-state index in [9.17, 15) is 13.6 Å². The number of piperazine rings is 1. The SMILES string of the molecule is O=C(COc1nsnc1-c1cccc(F)c1)N1CCN(c2ccc(F)cc2)CC1. The number of hydrogen-bond donors (Lipinski definition) is 0. The van der Waals surface area contributed by atoms with Crippen molar-refractivity contribution in [3.05, 3.63) is 60.2 Å². The first-order valence-corrected chi connectivity index (χ1v) is 9.83. The topological polar surface area (TPSA) is 58.6 Å². The minimum Gasteiger partial charge on any atom is -0.465 e. The lowest BCUT2D eigenvalue weighted by molar-refractivity contribution is -0.133. The van der Waals surface area contributed by atoms with Crippen molar-refractivity contribution in [1.29, 1.82) is 0 Å². The van der Waals surface area contributed by atoms with Gasteiger partial charge in [0.1, 0.15) is 17.3 Å². The number of rotatable bonds is 5. The van der Waals surface area contributed by atoms with Crippen molar-refractivity contribution in [3.63, 3.8) is 0 Å². The molecule has 29 heavy (non-hydrogen) atoms. The summed E-state index contributed by atoms with van der Waals surface area (Å²) in [5.41, 5.74) is 1.90. The van der Waals surface area contributed by atoms with Gasteiger partial charge in [0, 0.05) is 37.4 Å². The largest absolute Gasteiger partial charge is 0.465 e. The molecule has 0 bridgehead atoms. The zero-order chi connectivity index (χ0) is 20.2. The van der Waals surface area contributed by atoms with E-state index in [0.29, 0.717) is 37.4 Å². The van der Waals surface area contributed by atoms with Crippen LogP contribution in [0.25, 0.3) is 11.3 Å². The molecule has 1 saturated heterocycles. The van der Waals surface area contributed by atoms with Crippen LogP contribution in [0.5, 0.6) is 5.88 Å². The normalized spacial score (nSPS) is 14.1. The number of benzene rings is 2. The second-order valence-corrected chi connectivity index (χ2v) is 7.09. The first kappa shape index (κ1) is 19.3. The van der Waals surface area contributed by atoms with E-state index in [1.807, 2.05) is 0 Å². The van der Waals surface area contributed by atoms with Crippen LogP contribution >= 0.6 is 11.7 Å². The summed E-state index contributed by atoms with van der Waals surface area (Å²) in [5, 5.41) is 0. The fraction of sp³-hybridized carbons (Fsp3) is 0.250. The third-order valence-electron chi connectivity index (χ3n) is 4.71. The van der Waals surface area contributed by atoms with Gasteiger partial charge in [0.2, 0.25) is 0 Å². The molecule has 0 unspecified atom stereocenters. The maximum Gasteiger partial charge on any atom is 0.260 e. The van der Waals surface area contributed by atoms with Crippen LogP contribution in [-0.2, 0) is 4.79 Å². The second-order valence-electron chi connectivity index (χ2n) is 6.56. The molecular weight excluding hydrogens is 398 g/mol. The maximum absolute atomic E-state index is 13.5. The van der Waals surface area contributed by atoms with Crippen LogP contribution in [0, 0.1) is 11.6 Å². The summed E-state index contributed by atoms with van der Waals surface area (Å²) in [6, 6.07) is 12.3. The van der Waals surface area contributed by atoms with E-state index in [0.717, 1.165) is 17.4 Å². The van der Waals surface area contributed by atoms with Gasteiger partial charge in [-0.2, -0.15) is 4.37 Å². The Kier molecular flexibility index (Phi) is 5.66. The number of halogens is 2. The summed E-state index contributed by atoms with van der Waals surface area (Å²) < 4.78 is 40.3. The van der Waals surface area contributed by atoms with Crippen molar-refractivity contribution < 1.29 is 18.3 Å². The van der Waals surface area contributed by atoms with Crippen molar-refractivity contribution >= 4 is 23.3 Å². The Morgan fingerprint density at radius 3 is 2.48 bits per heavy atom. The second kappa shape index (κ2) is 8.52. The van der Waals surface area contributed by atoms with Gasteiger partial charge in [-0.3, -0.25) is 4.79 Å². The molecule has 9 heteroatoms. The summed E-state index contributed by atoms with van der Waals surface area (Å²) >= 11 is 0.947. The predicted octanol–water partition coefficient (Wildman–Crippen LogP) is 3.21. The fourth-order valence-electron chi connectivity index (χ4n) is 3.17. The lowest BCUT2D eigenvalue weighted by atomic mass is 10.1. The number of aromatic nitrogens is 2. The molecule has 0 radical (unpaired) electrons. The molecule has 6 nitrogen and oxygen atoms in total. The van der Waals surface area contributed by atoms with Crippen molar-refractivity contribution in [3.8, 4) is 17.1 Å². The number of nitrogens with zero attached hydrogens (tertiary/aromatic N) is 4. The third-order valence-corrected chi connectivity index (χ3v) is 5.22. The average Bonchev–Trinajstić information content (AvgIpc) is 3.21. The molecule has 1 aliphatic heterocycles. The van der Waals surface area contributed by atoms with Crippen LogP contribution in [0.3, 0.4) is 0 Å². The smallest absolute Gasteiger partial charge is 0.260 e. The minimum atomic E-state index is -0.378. The zero-order valence-corrected chi connectivity index (χ0v) is 16.2. The standard InChI is InChI=1S/C20H18F2N4O2S/c21-15-4-6-17(7-5-15)25-8-10-26(11-9-25)18(27)13-28-20-19(23-29-24-20)14-2-1-3-16(22)12-14/h1-7,12H,8-11,13H2. The maximum atomic E-state index is 13.5. The van der Waals surface area contributed by atoms with Crippen LogP contribution < -0.4 is 9.64 Å². The molecule has 1 fully saturated rings. The zero-order valence-electron chi connectivity index (χ0n) is 15.4. The van der Waals surface area contributed by atoms with Crippen LogP contribution in [0.2, 0.25) is 0 Å². The molecular formula is C20H18F2N4O2S. The Morgan fingerprint density at radius 2 is 1.76 bits per heavy atom. The van der Waals surface area contributed by atoms with Crippen LogP contribution in [-0.4, -0.2) is 52.3 Å². The number of carbonyl (C=O) groups is 1. The highest BCUT2D eigenvalue weighted by molar-refractivity contribution is 6.99. The monoisotopic (exact) mass is 416 g/mol. The Balaban J connectivity index is 1.32. The van der Waals surface area contributed by atoms with E-state index < -0.39 is 0 Å². The van der Waals surface area contributed by atoms with Gasteiger partial charge < -0.3 is 14.5 Å². The van der Waals surface area contributed by atoms with Crippen molar-refractivity contribution in [2.45, 2.75) is 0 Å². The van der Waals surface area contributed by atoms with E-state index in [1.54, 1.807) is 29.2 Å². The summed E-state index contributed by atoms with van der Waals surface area (Å²) in [6.07, 6.45) is 0. The molecule has 0 N–H and O–H groups in total. The van der Waals surface area contributed by atoms with E-state index >= 15 is 0 Å². The molecule has 1 aliphatic rings. The summed E-state index contributed by atoms with van der Waals surface area (Å²) in [6.45, 7) is 2.25. The molecule has 3 aromatic rings. The summed E-state index contributed by atoms with van der Waals surface area (Å²) in [5.74, 6) is -0.578. The van der Waals surface area contributed by atoms with E-state index in [2.05, 4.69) is 13.6 Å². The lowest BCUT2D eigenvalue weighted by Gasteiger charge is -2.36. The molecule has 4 rings (SSSR count). The molecule has 1 aromatic heterocycles. The summed E-state index contributed by atoms with van der Waals surface area (Å²) in [4.78, 5) is 16.3. The minimum absolute atomic E-state index is 0.151. The van der Waals surface area contributed by atoms with E-state index in [-0.39, 0.29) is 30.0 Å². The van der Waals surface area contributed by atoms with Gasteiger partial charge in [-0.15, -0.1) is 4.37 Å². The van der Waals surface area contributed by atoms with Gasteiger partial charge in [0.15, 0.2) is 6.61 Å². The molecule has 150 valence electrons. The lowest BCUT2D eigenvalue weighted by Crippen LogP contribution is -2.50. The highest BCUT2D eigenvalue weighted by Crippen LogP contribution is 2.28. The number of amides is 1. The van der Waals surface area contributed by atoms with Gasteiger partial charge in [-0.05, 0) is 36.4 Å². The number of anilines is 1. The molecule has 2 heterocycles. The number of ether oxygens (including phenoxy) is 1. The van der Waals surface area contributed by atoms with Gasteiger partial charge >= 0.3 is 0 Å². The first-order valence-electron chi connectivity index (χ1n) is 9.10. The van der Waals surface area contributed by atoms with Crippen molar-refractivity contribution in [1.82, 2.24) is 13.6 Å². The van der Waals surface area contributed by atoms with E-state index in [1.165, 1.54) is 24.3 Å². The van der Waals surface area contributed by atoms with Gasteiger partial charge in [0.25, 0.3) is 11.8 Å². The van der Waals surface area contributed by atoms with Gasteiger partial charge in [0.05, 0.1) is 11.7 Å². The molecule has 0 aliphatic carbocycles. The molecule has 0 saturated carbocycles. The van der Waals surface area contributed by atoms with Crippen LogP contribution in [0.4, 0.5) is 14.5 Å². The average molecular weight is 416 g/mol. The summed E-state index contributed by atoms with van der Waals surface area (Å²) in [7, 11) is 0. The predicted molar refractivity (Wildman–Crippen MR) is 106 cm³/mol. The Hall–Kier alpha value is -3.07. The van der Waals surface area contributed by atoms with Crippen molar-refractivity contribution in [2.75, 3.05) is 37.7 Å². The number of carbonyl (C=O) groups excluding carboxylic acids is 1. The van der Waals surface area contributed by atoms with Crippen molar-refractivity contribution in [2.24, 2.45) is 0 Å². The quantitative estimate of drug-likeness (QED) is 0.639. The first-order chi connectivity index (χ1) is 14.1. The van der Waals surface area contributed by atoms with Gasteiger partial charge in [-0.1, -0.05) is 12.1 Å². The van der Waals surface area contributed by atoms with Gasteiger partial charge in [-0.25, -0.2) is 8.78 Å². The fourth-order valence-corrected chi connectivity index (χ4v) is 3.69. The highest BCUT2D eigenvalue weighted by Gasteiger charge is 2.22. The Bertz CT molecular complexity index is 988. The van der Waals surface area contributed by atoms with E-state index in [4.69, 9.17) is 4.74 Å². The third kappa shape index (κ3) is 4.51. The molecule has 0 spiro atoms. The Labute approximate surface area is 170 Å². The molecule has 2 aromatic carbocycles. The molecule has 1 amide bonds. The molecule has 0 atom stereocenters. The number of hydrogen-bond acceptors (Lipinski definition) is 6.